The lowest BCUT2D eigenvalue weighted by molar-refractivity contribution is 0.0265. The van der Waals surface area contributed by atoms with Crippen LogP contribution in [0, 0.1) is 6.92 Å². The van der Waals surface area contributed by atoms with Crippen molar-refractivity contribution < 1.29 is 14.6 Å². The Hall–Kier alpha value is -1.64. The van der Waals surface area contributed by atoms with E-state index in [0.29, 0.717) is 43.0 Å². The van der Waals surface area contributed by atoms with Crippen LogP contribution in [0.1, 0.15) is 17.0 Å². The highest BCUT2D eigenvalue weighted by atomic mass is 35.5. The van der Waals surface area contributed by atoms with Crippen molar-refractivity contribution in [1.29, 1.82) is 0 Å². The van der Waals surface area contributed by atoms with Gasteiger partial charge in [0, 0.05) is 28.2 Å². The molecule has 0 aliphatic heterocycles. The third kappa shape index (κ3) is 5.21. The van der Waals surface area contributed by atoms with Crippen molar-refractivity contribution in [3.8, 4) is 0 Å². The number of hydrogen-bond acceptors (Lipinski definition) is 5. The number of halogens is 2. The van der Waals surface area contributed by atoms with E-state index in [0.717, 1.165) is 34.3 Å². The molecule has 0 radical (unpaired) electrons. The molecular weight excluding hydrogens is 391 g/mol. The molecule has 0 saturated heterocycles. The van der Waals surface area contributed by atoms with Crippen LogP contribution in [-0.2, 0) is 29.0 Å². The monoisotopic (exact) mass is 412 g/mol. The first-order valence-electron chi connectivity index (χ1n) is 8.70. The van der Waals surface area contributed by atoms with Crippen molar-refractivity contribution in [2.75, 3.05) is 26.4 Å². The molecule has 0 aliphatic rings. The van der Waals surface area contributed by atoms with Gasteiger partial charge in [-0.2, -0.15) is 0 Å². The van der Waals surface area contributed by atoms with Gasteiger partial charge in [0.1, 0.15) is 5.69 Å². The van der Waals surface area contributed by atoms with Gasteiger partial charge in [0.2, 0.25) is 0 Å². The summed E-state index contributed by atoms with van der Waals surface area (Å²) >= 11 is 12.5. The van der Waals surface area contributed by atoms with E-state index in [1.54, 1.807) is 10.7 Å². The molecule has 7 nitrogen and oxygen atoms in total. The molecule has 2 N–H and O–H groups in total. The smallest absolute Gasteiger partial charge is 0.108 e. The highest BCUT2D eigenvalue weighted by Crippen LogP contribution is 2.32. The SMILES string of the molecule is Cc1[nH]c2cc(Cl)cc(Cl)c2c1CCn1cc(COCCOCCO)nn1. The van der Waals surface area contributed by atoms with Crippen LogP contribution in [0.3, 0.4) is 0 Å². The second-order valence-corrected chi connectivity index (χ2v) is 6.99. The molecule has 0 unspecified atom stereocenters. The predicted molar refractivity (Wildman–Crippen MR) is 104 cm³/mol. The lowest BCUT2D eigenvalue weighted by Crippen LogP contribution is -2.07. The molecule has 3 rings (SSSR count). The highest BCUT2D eigenvalue weighted by molar-refractivity contribution is 6.38. The van der Waals surface area contributed by atoms with Crippen LogP contribution in [0.5, 0.6) is 0 Å². The summed E-state index contributed by atoms with van der Waals surface area (Å²) in [6.07, 6.45) is 2.64. The van der Waals surface area contributed by atoms with Gasteiger partial charge in [0.25, 0.3) is 0 Å². The Balaban J connectivity index is 1.56. The summed E-state index contributed by atoms with van der Waals surface area (Å²) in [6, 6.07) is 3.64. The molecule has 0 aliphatic carbocycles. The molecule has 3 aromatic rings. The maximum Gasteiger partial charge on any atom is 0.108 e. The van der Waals surface area contributed by atoms with Gasteiger partial charge in [0.05, 0.1) is 44.3 Å². The first kappa shape index (κ1) is 20.1. The van der Waals surface area contributed by atoms with E-state index in [2.05, 4.69) is 15.3 Å². The molecule has 9 heteroatoms. The van der Waals surface area contributed by atoms with E-state index in [9.17, 15) is 0 Å². The van der Waals surface area contributed by atoms with Gasteiger partial charge in [0.15, 0.2) is 0 Å². The summed E-state index contributed by atoms with van der Waals surface area (Å²) in [5.74, 6) is 0. The van der Waals surface area contributed by atoms with Crippen LogP contribution in [0.25, 0.3) is 10.9 Å². The fourth-order valence-corrected chi connectivity index (χ4v) is 3.57. The summed E-state index contributed by atoms with van der Waals surface area (Å²) in [4.78, 5) is 3.34. The summed E-state index contributed by atoms with van der Waals surface area (Å²) in [6.45, 7) is 4.31. The Morgan fingerprint density at radius 1 is 1.19 bits per heavy atom. The summed E-state index contributed by atoms with van der Waals surface area (Å²) in [5.41, 5.74) is 3.93. The average molecular weight is 413 g/mol. The number of aromatic amines is 1. The van der Waals surface area contributed by atoms with E-state index in [1.807, 2.05) is 19.2 Å². The number of aliphatic hydroxyl groups is 1. The fraction of sp³-hybridized carbons (Fsp3) is 0.444. The van der Waals surface area contributed by atoms with Crippen molar-refractivity contribution >= 4 is 34.1 Å². The average Bonchev–Trinajstić information content (AvgIpc) is 3.20. The van der Waals surface area contributed by atoms with E-state index < -0.39 is 0 Å². The van der Waals surface area contributed by atoms with Gasteiger partial charge >= 0.3 is 0 Å². The molecule has 0 atom stereocenters. The largest absolute Gasteiger partial charge is 0.394 e. The third-order valence-electron chi connectivity index (χ3n) is 4.17. The van der Waals surface area contributed by atoms with Gasteiger partial charge in [-0.05, 0) is 31.0 Å². The minimum absolute atomic E-state index is 0.0164. The minimum Gasteiger partial charge on any atom is -0.394 e. The van der Waals surface area contributed by atoms with Crippen molar-refractivity contribution in [3.63, 3.8) is 0 Å². The molecule has 146 valence electrons. The number of aliphatic hydroxyl groups excluding tert-OH is 1. The van der Waals surface area contributed by atoms with Crippen molar-refractivity contribution in [1.82, 2.24) is 20.0 Å². The molecule has 0 spiro atoms. The number of hydrogen-bond donors (Lipinski definition) is 2. The number of rotatable bonds is 10. The van der Waals surface area contributed by atoms with Crippen LogP contribution in [-0.4, -0.2) is 51.5 Å². The number of nitrogens with one attached hydrogen (secondary N) is 1. The maximum atomic E-state index is 8.62. The van der Waals surface area contributed by atoms with Crippen LogP contribution in [0.4, 0.5) is 0 Å². The zero-order valence-corrected chi connectivity index (χ0v) is 16.6. The standard InChI is InChI=1S/C18H22Cl2N4O3/c1-12-15(18-16(20)8-13(19)9-17(18)21-12)2-3-24-10-14(22-23-24)11-27-7-6-26-5-4-25/h8-10,21,25H,2-7,11H2,1H3. The molecule has 0 amide bonds. The number of aryl methyl sites for hydroxylation is 3. The fourth-order valence-electron chi connectivity index (χ4n) is 2.96. The Kier molecular flexibility index (Phi) is 7.09. The van der Waals surface area contributed by atoms with Crippen molar-refractivity contribution in [3.05, 3.63) is 45.3 Å². The van der Waals surface area contributed by atoms with Crippen molar-refractivity contribution in [2.24, 2.45) is 0 Å². The maximum absolute atomic E-state index is 8.62. The molecule has 2 heterocycles. The molecule has 2 aromatic heterocycles. The molecule has 0 fully saturated rings. The third-order valence-corrected chi connectivity index (χ3v) is 4.68. The Morgan fingerprint density at radius 3 is 2.81 bits per heavy atom. The number of nitrogens with zero attached hydrogens (tertiary/aromatic N) is 3. The minimum atomic E-state index is 0.0164. The van der Waals surface area contributed by atoms with Crippen LogP contribution < -0.4 is 0 Å². The van der Waals surface area contributed by atoms with E-state index >= 15 is 0 Å². The highest BCUT2D eigenvalue weighted by Gasteiger charge is 2.13. The van der Waals surface area contributed by atoms with Crippen LogP contribution in [0.2, 0.25) is 10.0 Å². The normalized spacial score (nSPS) is 11.6. The molecule has 0 saturated carbocycles. The number of ether oxygens (including phenoxy) is 2. The predicted octanol–water partition coefficient (Wildman–Crippen LogP) is 3.14. The number of benzene rings is 1. The second-order valence-electron chi connectivity index (χ2n) is 6.15. The Bertz CT molecular complexity index is 894. The zero-order chi connectivity index (χ0) is 19.2. The number of H-pyrrole nitrogens is 1. The van der Waals surface area contributed by atoms with E-state index in [-0.39, 0.29) is 6.61 Å². The quantitative estimate of drug-likeness (QED) is 0.499. The summed E-state index contributed by atoms with van der Waals surface area (Å²) < 4.78 is 12.4. The van der Waals surface area contributed by atoms with E-state index in [4.69, 9.17) is 37.8 Å². The second kappa shape index (κ2) is 9.52. The van der Waals surface area contributed by atoms with Gasteiger partial charge in [-0.1, -0.05) is 28.4 Å². The van der Waals surface area contributed by atoms with Crippen LogP contribution >= 0.6 is 23.2 Å². The topological polar surface area (TPSA) is 85.2 Å². The van der Waals surface area contributed by atoms with Gasteiger partial charge in [-0.25, -0.2) is 0 Å². The van der Waals surface area contributed by atoms with Crippen LogP contribution in [0.15, 0.2) is 18.3 Å². The Morgan fingerprint density at radius 2 is 2.00 bits per heavy atom. The first-order chi connectivity index (χ1) is 13.1. The zero-order valence-electron chi connectivity index (χ0n) is 15.0. The summed E-state index contributed by atoms with van der Waals surface area (Å²) in [7, 11) is 0. The van der Waals surface area contributed by atoms with E-state index in [1.165, 1.54) is 0 Å². The number of aromatic nitrogens is 4. The van der Waals surface area contributed by atoms with Crippen molar-refractivity contribution in [2.45, 2.75) is 26.5 Å². The lowest BCUT2D eigenvalue weighted by atomic mass is 10.1. The molecule has 27 heavy (non-hydrogen) atoms. The Labute approximate surface area is 167 Å². The molecule has 0 bridgehead atoms. The summed E-state index contributed by atoms with van der Waals surface area (Å²) in [5, 5.41) is 19.2. The molecular formula is C18H22Cl2N4O3. The lowest BCUT2D eigenvalue weighted by Gasteiger charge is -2.04. The first-order valence-corrected chi connectivity index (χ1v) is 9.45. The van der Waals surface area contributed by atoms with Gasteiger partial charge in [-0.3, -0.25) is 4.68 Å². The van der Waals surface area contributed by atoms with Gasteiger partial charge < -0.3 is 19.6 Å². The number of fused-ring (bicyclic) bond motifs is 1. The molecule has 1 aromatic carbocycles. The van der Waals surface area contributed by atoms with Gasteiger partial charge in [-0.15, -0.1) is 5.10 Å².